The quantitative estimate of drug-likeness (QED) is 0.119. The van der Waals surface area contributed by atoms with Gasteiger partial charge in [0, 0.05) is 88.7 Å². The van der Waals surface area contributed by atoms with Gasteiger partial charge in [-0.3, -0.25) is 4.98 Å². The van der Waals surface area contributed by atoms with E-state index in [1.54, 1.807) is 0 Å². The molecule has 18 aromatic carbocycles. The van der Waals surface area contributed by atoms with E-state index in [1.807, 2.05) is 12.1 Å². The van der Waals surface area contributed by atoms with E-state index in [2.05, 4.69) is 550 Å². The van der Waals surface area contributed by atoms with Gasteiger partial charge in [-0.25, -0.2) is 29.9 Å². The molecule has 0 unspecified atom stereocenters. The lowest BCUT2D eigenvalue weighted by Crippen LogP contribution is -2.37. The van der Waals surface area contributed by atoms with Crippen molar-refractivity contribution in [2.45, 2.75) is 131 Å². The molecule has 9 nitrogen and oxygen atoms in total. The first-order valence-corrected chi connectivity index (χ1v) is 48.5. The number of para-hydroxylation sites is 3. The van der Waals surface area contributed by atoms with Crippen LogP contribution in [0.25, 0.3) is 172 Å². The standard InChI is InChI=1S/C28H25N.C28H27N.2C27H23N3.C21H21N/c1-28(2,3)22-16-13-20(14-17-22)21-15-18-27-25(19-21)24-11-7-8-12-26(24)29(27)23-9-5-4-6-10-23;1-28(2,3)29(25-20-18-23(19-21-25)22-12-6-4-7-13-22)27-17-11-10-16-26(27)24-14-8-5-9-15-24;1-27(2,3)26-29-24(22-16-8-12-18-10-4-6-14-20(18)22)28-25(30-26)23-17-9-13-19-11-5-7-15-21(19)23;1-27(2,3)26-29-24(22-14-12-18-8-4-6-10-20(18)16-22)28-25(30-26)23-15-13-19-9-5-7-11-21(19)17-23;1-21(2,3)20-15-18(16-10-6-4-7-11-16)14-19(22-20)17-12-8-5-9-13-17/h4-19H,1-3H3;4-21H,1-3H3;2*4-17H,1-3H3;4-15H,1-3H3. The molecule has 4 aromatic heterocycles. The van der Waals surface area contributed by atoms with E-state index in [9.17, 15) is 0 Å². The van der Waals surface area contributed by atoms with Gasteiger partial charge in [0.1, 0.15) is 11.6 Å². The molecule has 0 radical (unpaired) electrons. The summed E-state index contributed by atoms with van der Waals surface area (Å²) in [7, 11) is 0. The summed E-state index contributed by atoms with van der Waals surface area (Å²) in [5, 5.41) is 12.0. The van der Waals surface area contributed by atoms with Crippen molar-refractivity contribution < 1.29 is 0 Å². The smallest absolute Gasteiger partial charge is 0.164 e. The molecule has 0 aliphatic rings. The number of aromatic nitrogens is 8. The lowest BCUT2D eigenvalue weighted by molar-refractivity contribution is 0.543. The minimum atomic E-state index is -0.193. The summed E-state index contributed by atoms with van der Waals surface area (Å²) >= 11 is 0. The van der Waals surface area contributed by atoms with Crippen LogP contribution in [0.5, 0.6) is 0 Å². The zero-order chi connectivity index (χ0) is 97.3. The molecule has 0 amide bonds. The Hall–Kier alpha value is -16.2. The zero-order valence-corrected chi connectivity index (χ0v) is 82.7. The summed E-state index contributed by atoms with van der Waals surface area (Å²) in [6.45, 7) is 33.0. The Morgan fingerprint density at radius 2 is 0.579 bits per heavy atom. The largest absolute Gasteiger partial charge is 0.336 e. The van der Waals surface area contributed by atoms with Crippen LogP contribution in [-0.2, 0) is 21.7 Å². The normalized spacial score (nSPS) is 11.7. The van der Waals surface area contributed by atoms with Crippen molar-refractivity contribution >= 4 is 76.3 Å². The third-order valence-electron chi connectivity index (χ3n) is 25.4. The molecule has 9 heteroatoms. The molecule has 4 heterocycles. The molecule has 0 saturated heterocycles. The first-order valence-electron chi connectivity index (χ1n) is 48.5. The molecule has 688 valence electrons. The van der Waals surface area contributed by atoms with Crippen molar-refractivity contribution in [3.05, 3.63) is 472 Å². The topological polar surface area (TPSA) is 98.4 Å². The molecule has 22 rings (SSSR count). The van der Waals surface area contributed by atoms with E-state index in [0.717, 1.165) is 73.3 Å². The van der Waals surface area contributed by atoms with E-state index in [-0.39, 0.29) is 27.2 Å². The van der Waals surface area contributed by atoms with Crippen LogP contribution in [-0.4, -0.2) is 45.0 Å². The van der Waals surface area contributed by atoms with Gasteiger partial charge in [-0.1, -0.05) is 459 Å². The molecule has 22 aromatic rings. The number of nitrogens with zero attached hydrogens (tertiary/aromatic N) is 9. The molecule has 0 atom stereocenters. The summed E-state index contributed by atoms with van der Waals surface area (Å²) in [5.41, 5.74) is 24.5. The van der Waals surface area contributed by atoms with Gasteiger partial charge in [0.15, 0.2) is 23.3 Å². The fourth-order valence-corrected chi connectivity index (χ4v) is 17.9. The first kappa shape index (κ1) is 94.1. The van der Waals surface area contributed by atoms with Gasteiger partial charge >= 0.3 is 0 Å². The summed E-state index contributed by atoms with van der Waals surface area (Å²) < 4.78 is 2.36. The van der Waals surface area contributed by atoms with E-state index >= 15 is 0 Å². The molecule has 0 bridgehead atoms. The Morgan fingerprint density at radius 3 is 1.08 bits per heavy atom. The van der Waals surface area contributed by atoms with Crippen LogP contribution in [0.1, 0.15) is 127 Å². The van der Waals surface area contributed by atoms with Gasteiger partial charge in [-0.2, -0.15) is 0 Å². The molecule has 0 saturated carbocycles. The first-order chi connectivity index (χ1) is 67.6. The maximum Gasteiger partial charge on any atom is 0.164 e. The zero-order valence-electron chi connectivity index (χ0n) is 82.7. The van der Waals surface area contributed by atoms with Gasteiger partial charge in [-0.05, 0) is 187 Å². The molecule has 0 fully saturated rings. The maximum absolute atomic E-state index is 4.97. The Bertz CT molecular complexity index is 7820. The van der Waals surface area contributed by atoms with Gasteiger partial charge in [0.05, 0.1) is 16.7 Å². The van der Waals surface area contributed by atoms with Crippen molar-refractivity contribution in [3.8, 4) is 107 Å². The van der Waals surface area contributed by atoms with Crippen molar-refractivity contribution in [1.29, 1.82) is 0 Å². The second-order valence-corrected chi connectivity index (χ2v) is 40.9. The number of fused-ring (bicyclic) bond motifs is 7. The molecule has 0 N–H and O–H groups in total. The van der Waals surface area contributed by atoms with Crippen molar-refractivity contribution in [2.24, 2.45) is 0 Å². The van der Waals surface area contributed by atoms with E-state index < -0.39 is 0 Å². The van der Waals surface area contributed by atoms with E-state index in [4.69, 9.17) is 34.9 Å². The Morgan fingerprint density at radius 1 is 0.207 bits per heavy atom. The summed E-state index contributed by atoms with van der Waals surface area (Å²) in [5.74, 6) is 4.45. The molecule has 0 aliphatic carbocycles. The maximum atomic E-state index is 4.97. The molecular weight excluding hydrogens is 1700 g/mol. The fraction of sp³-hybridized carbons (Fsp3) is 0.153. The SMILES string of the molecule is CC(C)(C)N(c1ccc(-c2ccccc2)cc1)c1ccccc1-c1ccccc1.CC(C)(C)c1cc(-c2ccccc2)cc(-c2ccccc2)n1.CC(C)(C)c1ccc(-c2ccc3c(c2)c2ccccc2n3-c2ccccc2)cc1.CC(C)(C)c1nc(-c2ccc3ccccc3c2)nc(-c2ccc3ccccc3c2)n1.CC(C)(C)c1nc(-c2cccc3ccccc23)nc(-c2cccc3ccccc23)n1. The lowest BCUT2D eigenvalue weighted by Gasteiger charge is -2.39. The lowest BCUT2D eigenvalue weighted by atomic mass is 9.86. The van der Waals surface area contributed by atoms with Crippen LogP contribution in [0.2, 0.25) is 0 Å². The van der Waals surface area contributed by atoms with Crippen LogP contribution in [0.4, 0.5) is 11.4 Å². The fourth-order valence-electron chi connectivity index (χ4n) is 17.9. The molecule has 0 aliphatic heterocycles. The Balaban J connectivity index is 0.000000116. The highest BCUT2D eigenvalue weighted by atomic mass is 15.2. The van der Waals surface area contributed by atoms with Crippen LogP contribution in [0, 0.1) is 0 Å². The Labute approximate surface area is 824 Å². The van der Waals surface area contributed by atoms with Crippen LogP contribution < -0.4 is 4.90 Å². The minimum Gasteiger partial charge on any atom is -0.336 e. The number of benzene rings is 18. The number of anilines is 2. The Kier molecular flexibility index (Phi) is 27.3. The van der Waals surface area contributed by atoms with E-state index in [0.29, 0.717) is 11.6 Å². The third-order valence-corrected chi connectivity index (χ3v) is 25.4. The van der Waals surface area contributed by atoms with Crippen molar-refractivity contribution in [3.63, 3.8) is 0 Å². The number of hydrogen-bond acceptors (Lipinski definition) is 8. The van der Waals surface area contributed by atoms with Gasteiger partial charge in [0.25, 0.3) is 0 Å². The van der Waals surface area contributed by atoms with Crippen LogP contribution in [0.3, 0.4) is 0 Å². The highest BCUT2D eigenvalue weighted by Gasteiger charge is 2.29. The molecule has 140 heavy (non-hydrogen) atoms. The number of rotatable bonds is 12. The van der Waals surface area contributed by atoms with E-state index in [1.165, 1.54) is 121 Å². The summed E-state index contributed by atoms with van der Waals surface area (Å²) in [4.78, 5) is 36.7. The highest BCUT2D eigenvalue weighted by Crippen LogP contribution is 2.44. The minimum absolute atomic E-state index is 0.0221. The van der Waals surface area contributed by atoms with Gasteiger partial charge in [-0.15, -0.1) is 0 Å². The average molecular weight is 1820 g/mol. The summed E-state index contributed by atoms with van der Waals surface area (Å²) in [6.07, 6.45) is 0. The number of pyridine rings is 1. The monoisotopic (exact) mass is 1820 g/mol. The number of hydrogen-bond donors (Lipinski definition) is 0. The third kappa shape index (κ3) is 21.6. The summed E-state index contributed by atoms with van der Waals surface area (Å²) in [6, 6.07) is 158. The second-order valence-electron chi connectivity index (χ2n) is 40.9. The highest BCUT2D eigenvalue weighted by molar-refractivity contribution is 6.11. The second kappa shape index (κ2) is 40.6. The average Bonchev–Trinajstić information content (AvgIpc) is 1.59. The molecule has 0 spiro atoms. The van der Waals surface area contributed by atoms with Crippen LogP contribution in [0.15, 0.2) is 449 Å². The van der Waals surface area contributed by atoms with Crippen LogP contribution >= 0.6 is 0 Å². The molecular formula is C131H119N9. The van der Waals surface area contributed by atoms with Crippen molar-refractivity contribution in [1.82, 2.24) is 39.5 Å². The predicted molar refractivity (Wildman–Crippen MR) is 593 cm³/mol. The predicted octanol–water partition coefficient (Wildman–Crippen LogP) is 35.0. The van der Waals surface area contributed by atoms with Gasteiger partial charge < -0.3 is 9.47 Å². The van der Waals surface area contributed by atoms with Crippen molar-refractivity contribution in [2.75, 3.05) is 4.90 Å². The van der Waals surface area contributed by atoms with Gasteiger partial charge in [0.2, 0.25) is 0 Å².